The second kappa shape index (κ2) is 4.43. The van der Waals surface area contributed by atoms with E-state index in [4.69, 9.17) is 4.42 Å². The molecule has 2 aromatic heterocycles. The molecule has 0 atom stereocenters. The van der Waals surface area contributed by atoms with Crippen molar-refractivity contribution in [1.82, 2.24) is 9.78 Å². The lowest BCUT2D eigenvalue weighted by atomic mass is 10.2. The van der Waals surface area contributed by atoms with E-state index < -0.39 is 0 Å². The standard InChI is InChI=1S/C12H17N3O/c1-9(2)15-8-12(7-14-15)13-6-11-4-5-16-10(11)3/h4-5,7-9,13H,6H2,1-3H3. The Kier molecular flexibility index (Phi) is 2.99. The Morgan fingerprint density at radius 1 is 1.50 bits per heavy atom. The van der Waals surface area contributed by atoms with Crippen LogP contribution in [0.5, 0.6) is 0 Å². The van der Waals surface area contributed by atoms with Gasteiger partial charge in [-0.05, 0) is 26.8 Å². The van der Waals surface area contributed by atoms with Crippen molar-refractivity contribution < 1.29 is 4.42 Å². The molecule has 0 spiro atoms. The highest BCUT2D eigenvalue weighted by atomic mass is 16.3. The van der Waals surface area contributed by atoms with Gasteiger partial charge in [-0.1, -0.05) is 0 Å². The number of hydrogen-bond donors (Lipinski definition) is 1. The van der Waals surface area contributed by atoms with Crippen molar-refractivity contribution in [3.8, 4) is 0 Å². The fourth-order valence-electron chi connectivity index (χ4n) is 1.50. The number of nitrogens with zero attached hydrogens (tertiary/aromatic N) is 2. The SMILES string of the molecule is Cc1occc1CNc1cnn(C(C)C)c1. The number of aromatic nitrogens is 2. The molecule has 0 aromatic carbocycles. The molecule has 0 amide bonds. The second-order valence-electron chi connectivity index (χ2n) is 4.16. The zero-order valence-electron chi connectivity index (χ0n) is 9.90. The van der Waals surface area contributed by atoms with E-state index in [0.29, 0.717) is 6.04 Å². The van der Waals surface area contributed by atoms with Crippen LogP contribution in [0.2, 0.25) is 0 Å². The van der Waals surface area contributed by atoms with Gasteiger partial charge in [0.25, 0.3) is 0 Å². The molecular weight excluding hydrogens is 202 g/mol. The summed E-state index contributed by atoms with van der Waals surface area (Å²) in [5.74, 6) is 0.962. The molecule has 4 heteroatoms. The maximum Gasteiger partial charge on any atom is 0.105 e. The summed E-state index contributed by atoms with van der Waals surface area (Å²) in [6, 6.07) is 2.38. The molecule has 1 N–H and O–H groups in total. The highest BCUT2D eigenvalue weighted by molar-refractivity contribution is 5.39. The third kappa shape index (κ3) is 2.27. The summed E-state index contributed by atoms with van der Waals surface area (Å²) in [5, 5.41) is 7.59. The lowest BCUT2D eigenvalue weighted by Gasteiger charge is -2.04. The fourth-order valence-corrected chi connectivity index (χ4v) is 1.50. The minimum absolute atomic E-state index is 0.395. The number of aryl methyl sites for hydroxylation is 1. The molecule has 0 bridgehead atoms. The molecule has 0 saturated carbocycles. The molecule has 0 aliphatic heterocycles. The lowest BCUT2D eigenvalue weighted by molar-refractivity contribution is 0.530. The number of nitrogens with one attached hydrogen (secondary N) is 1. The highest BCUT2D eigenvalue weighted by Crippen LogP contribution is 2.13. The molecular formula is C12H17N3O. The van der Waals surface area contributed by atoms with Crippen LogP contribution in [-0.2, 0) is 6.54 Å². The van der Waals surface area contributed by atoms with E-state index in [2.05, 4.69) is 24.3 Å². The molecule has 0 radical (unpaired) electrons. The summed E-state index contributed by atoms with van der Waals surface area (Å²) in [6.07, 6.45) is 5.57. The van der Waals surface area contributed by atoms with E-state index in [1.807, 2.05) is 30.1 Å². The maximum absolute atomic E-state index is 5.24. The number of hydrogen-bond acceptors (Lipinski definition) is 3. The summed E-state index contributed by atoms with van der Waals surface area (Å²) in [6.45, 7) is 6.95. The van der Waals surface area contributed by atoms with Crippen LogP contribution in [0, 0.1) is 6.92 Å². The first kappa shape index (κ1) is 10.8. The molecule has 0 fully saturated rings. The van der Waals surface area contributed by atoms with Crippen LogP contribution in [0.1, 0.15) is 31.2 Å². The maximum atomic E-state index is 5.24. The summed E-state index contributed by atoms with van der Waals surface area (Å²) in [5.41, 5.74) is 2.21. The normalized spacial score (nSPS) is 11.0. The number of anilines is 1. The predicted molar refractivity (Wildman–Crippen MR) is 63.4 cm³/mol. The Morgan fingerprint density at radius 3 is 2.88 bits per heavy atom. The third-order valence-electron chi connectivity index (χ3n) is 2.58. The van der Waals surface area contributed by atoms with Crippen LogP contribution in [0.25, 0.3) is 0 Å². The summed E-state index contributed by atoms with van der Waals surface area (Å²) in [7, 11) is 0. The quantitative estimate of drug-likeness (QED) is 0.859. The van der Waals surface area contributed by atoms with E-state index in [-0.39, 0.29) is 0 Å². The number of rotatable bonds is 4. The van der Waals surface area contributed by atoms with Crippen molar-refractivity contribution in [2.45, 2.75) is 33.4 Å². The van der Waals surface area contributed by atoms with Crippen molar-refractivity contribution in [3.63, 3.8) is 0 Å². The molecule has 0 aliphatic carbocycles. The van der Waals surface area contributed by atoms with Crippen LogP contribution in [0.3, 0.4) is 0 Å². The van der Waals surface area contributed by atoms with Gasteiger partial charge in [-0.25, -0.2) is 0 Å². The van der Waals surface area contributed by atoms with Crippen LogP contribution < -0.4 is 5.32 Å². The van der Waals surface area contributed by atoms with Gasteiger partial charge >= 0.3 is 0 Å². The van der Waals surface area contributed by atoms with E-state index in [0.717, 1.165) is 18.0 Å². The monoisotopic (exact) mass is 219 g/mol. The Labute approximate surface area is 95.3 Å². The summed E-state index contributed by atoms with van der Waals surface area (Å²) < 4.78 is 7.17. The molecule has 16 heavy (non-hydrogen) atoms. The van der Waals surface area contributed by atoms with Crippen molar-refractivity contribution in [1.29, 1.82) is 0 Å². The van der Waals surface area contributed by atoms with Crippen LogP contribution in [-0.4, -0.2) is 9.78 Å². The topological polar surface area (TPSA) is 43.0 Å². The minimum atomic E-state index is 0.395. The Balaban J connectivity index is 1.97. The van der Waals surface area contributed by atoms with Gasteiger partial charge in [0, 0.05) is 24.3 Å². The van der Waals surface area contributed by atoms with Gasteiger partial charge in [0.05, 0.1) is 18.1 Å². The van der Waals surface area contributed by atoms with Crippen LogP contribution >= 0.6 is 0 Å². The summed E-state index contributed by atoms with van der Waals surface area (Å²) in [4.78, 5) is 0. The average molecular weight is 219 g/mol. The summed E-state index contributed by atoms with van der Waals surface area (Å²) >= 11 is 0. The highest BCUT2D eigenvalue weighted by Gasteiger charge is 2.03. The minimum Gasteiger partial charge on any atom is -0.469 e. The fraction of sp³-hybridized carbons (Fsp3) is 0.417. The van der Waals surface area contributed by atoms with Gasteiger partial charge < -0.3 is 9.73 Å². The molecule has 2 rings (SSSR count). The second-order valence-corrected chi connectivity index (χ2v) is 4.16. The average Bonchev–Trinajstić information content (AvgIpc) is 2.83. The third-order valence-corrected chi connectivity index (χ3v) is 2.58. The van der Waals surface area contributed by atoms with E-state index in [9.17, 15) is 0 Å². The van der Waals surface area contributed by atoms with Crippen molar-refractivity contribution in [3.05, 3.63) is 36.0 Å². The lowest BCUT2D eigenvalue weighted by Crippen LogP contribution is -2.01. The van der Waals surface area contributed by atoms with E-state index in [1.165, 1.54) is 5.56 Å². The molecule has 86 valence electrons. The molecule has 0 aliphatic rings. The van der Waals surface area contributed by atoms with E-state index >= 15 is 0 Å². The van der Waals surface area contributed by atoms with Gasteiger partial charge in [0.1, 0.15) is 5.76 Å². The Hall–Kier alpha value is -1.71. The molecule has 4 nitrogen and oxygen atoms in total. The van der Waals surface area contributed by atoms with Crippen molar-refractivity contribution >= 4 is 5.69 Å². The van der Waals surface area contributed by atoms with Gasteiger partial charge in [-0.2, -0.15) is 5.10 Å². The molecule has 2 aromatic rings. The Morgan fingerprint density at radius 2 is 2.31 bits per heavy atom. The van der Waals surface area contributed by atoms with E-state index in [1.54, 1.807) is 6.26 Å². The molecule has 0 saturated heterocycles. The van der Waals surface area contributed by atoms with Crippen molar-refractivity contribution in [2.24, 2.45) is 0 Å². The van der Waals surface area contributed by atoms with Gasteiger partial charge in [-0.15, -0.1) is 0 Å². The number of furan rings is 1. The van der Waals surface area contributed by atoms with Gasteiger partial charge in [0.2, 0.25) is 0 Å². The Bertz CT molecular complexity index is 456. The van der Waals surface area contributed by atoms with Crippen LogP contribution in [0.15, 0.2) is 29.1 Å². The predicted octanol–water partition coefficient (Wildman–Crippen LogP) is 2.98. The first-order chi connectivity index (χ1) is 7.66. The van der Waals surface area contributed by atoms with Gasteiger partial charge in [0.15, 0.2) is 0 Å². The van der Waals surface area contributed by atoms with Gasteiger partial charge in [-0.3, -0.25) is 4.68 Å². The molecule has 2 heterocycles. The van der Waals surface area contributed by atoms with Crippen LogP contribution in [0.4, 0.5) is 5.69 Å². The molecule has 0 unspecified atom stereocenters. The first-order valence-electron chi connectivity index (χ1n) is 5.48. The zero-order chi connectivity index (χ0) is 11.5. The first-order valence-corrected chi connectivity index (χ1v) is 5.48. The zero-order valence-corrected chi connectivity index (χ0v) is 9.90. The smallest absolute Gasteiger partial charge is 0.105 e. The largest absolute Gasteiger partial charge is 0.469 e. The van der Waals surface area contributed by atoms with Crippen molar-refractivity contribution in [2.75, 3.05) is 5.32 Å².